The molecule has 0 aliphatic carbocycles. The van der Waals surface area contributed by atoms with Crippen molar-refractivity contribution in [2.24, 2.45) is 5.41 Å². The number of amides is 1. The van der Waals surface area contributed by atoms with E-state index >= 15 is 0 Å². The molecule has 1 aliphatic rings. The maximum absolute atomic E-state index is 11.8. The van der Waals surface area contributed by atoms with Crippen LogP contribution in [-0.2, 0) is 9.59 Å². The Kier molecular flexibility index (Phi) is 5.16. The lowest BCUT2D eigenvalue weighted by molar-refractivity contribution is -0.134. The molecule has 3 nitrogen and oxygen atoms in total. The molecule has 3 heteroatoms. The first kappa shape index (κ1) is 14.2. The molecule has 98 valence electrons. The van der Waals surface area contributed by atoms with Crippen LogP contribution >= 0.6 is 0 Å². The Balaban J connectivity index is 2.25. The first-order valence-electron chi connectivity index (χ1n) is 6.68. The summed E-state index contributed by atoms with van der Waals surface area (Å²) in [6.45, 7) is 7.92. The van der Waals surface area contributed by atoms with E-state index in [0.717, 1.165) is 25.9 Å². The normalized spacial score (nSPS) is 17.0. The molecule has 1 rings (SSSR count). The van der Waals surface area contributed by atoms with E-state index in [1.54, 1.807) is 0 Å². The van der Waals surface area contributed by atoms with Crippen LogP contribution < -0.4 is 0 Å². The van der Waals surface area contributed by atoms with Gasteiger partial charge in [0.2, 0.25) is 5.91 Å². The third kappa shape index (κ3) is 5.85. The first-order chi connectivity index (χ1) is 7.88. The van der Waals surface area contributed by atoms with Gasteiger partial charge in [0.15, 0.2) is 0 Å². The Bertz CT molecular complexity index is 272. The molecule has 1 amide bonds. The van der Waals surface area contributed by atoms with Crippen molar-refractivity contribution in [3.8, 4) is 0 Å². The molecule has 0 N–H and O–H groups in total. The number of carbonyl (C=O) groups is 2. The number of hydrogen-bond donors (Lipinski definition) is 0. The van der Waals surface area contributed by atoms with Crippen LogP contribution in [0.25, 0.3) is 0 Å². The van der Waals surface area contributed by atoms with E-state index in [9.17, 15) is 9.59 Å². The number of likely N-dealkylation sites (tertiary alicyclic amines) is 1. The molecule has 0 aromatic heterocycles. The van der Waals surface area contributed by atoms with Crippen LogP contribution in [0.5, 0.6) is 0 Å². The molecule has 0 unspecified atom stereocenters. The van der Waals surface area contributed by atoms with Gasteiger partial charge in [-0.3, -0.25) is 9.59 Å². The summed E-state index contributed by atoms with van der Waals surface area (Å²) in [6.07, 6.45) is 4.83. The van der Waals surface area contributed by atoms with E-state index in [0.29, 0.717) is 19.3 Å². The van der Waals surface area contributed by atoms with Crippen molar-refractivity contribution in [2.75, 3.05) is 13.1 Å². The number of hydrogen-bond acceptors (Lipinski definition) is 2. The summed E-state index contributed by atoms with van der Waals surface area (Å²) < 4.78 is 0. The van der Waals surface area contributed by atoms with Crippen molar-refractivity contribution in [1.29, 1.82) is 0 Å². The third-order valence-corrected chi connectivity index (χ3v) is 3.05. The van der Waals surface area contributed by atoms with Gasteiger partial charge in [-0.25, -0.2) is 0 Å². The second-order valence-corrected chi connectivity index (χ2v) is 6.22. The van der Waals surface area contributed by atoms with E-state index in [-0.39, 0.29) is 17.1 Å². The van der Waals surface area contributed by atoms with Gasteiger partial charge in [-0.05, 0) is 24.7 Å². The molecule has 1 heterocycles. The van der Waals surface area contributed by atoms with Gasteiger partial charge in [-0.15, -0.1) is 0 Å². The van der Waals surface area contributed by atoms with Gasteiger partial charge in [0, 0.05) is 32.4 Å². The van der Waals surface area contributed by atoms with E-state index in [4.69, 9.17) is 0 Å². The molecule has 0 aromatic rings. The standard InChI is InChI=1S/C14H25NO2/c1-14(2,3)11-12(16)7-8-13(17)15-9-5-4-6-10-15/h4-11H2,1-3H3. The van der Waals surface area contributed by atoms with Crippen molar-refractivity contribution < 1.29 is 9.59 Å². The molecule has 1 aliphatic heterocycles. The molecule has 1 fully saturated rings. The highest BCUT2D eigenvalue weighted by Gasteiger charge is 2.19. The van der Waals surface area contributed by atoms with Crippen molar-refractivity contribution in [1.82, 2.24) is 4.90 Å². The van der Waals surface area contributed by atoms with Crippen LogP contribution in [0.4, 0.5) is 0 Å². The summed E-state index contributed by atoms with van der Waals surface area (Å²) in [5.74, 6) is 0.370. The van der Waals surface area contributed by atoms with Gasteiger partial charge < -0.3 is 4.90 Å². The number of piperidine rings is 1. The topological polar surface area (TPSA) is 37.4 Å². The Labute approximate surface area is 105 Å². The number of ketones is 1. The molecule has 17 heavy (non-hydrogen) atoms. The summed E-state index contributed by atoms with van der Waals surface area (Å²) in [6, 6.07) is 0. The molecule has 0 spiro atoms. The highest BCUT2D eigenvalue weighted by Crippen LogP contribution is 2.20. The average molecular weight is 239 g/mol. The van der Waals surface area contributed by atoms with Crippen LogP contribution in [0.15, 0.2) is 0 Å². The fourth-order valence-electron chi connectivity index (χ4n) is 2.23. The number of nitrogens with zero attached hydrogens (tertiary/aromatic N) is 1. The molecule has 0 aromatic carbocycles. The highest BCUT2D eigenvalue weighted by atomic mass is 16.2. The van der Waals surface area contributed by atoms with E-state index in [1.165, 1.54) is 6.42 Å². The average Bonchev–Trinajstić information content (AvgIpc) is 2.25. The van der Waals surface area contributed by atoms with Crippen LogP contribution in [0, 0.1) is 5.41 Å². The zero-order valence-corrected chi connectivity index (χ0v) is 11.4. The SMILES string of the molecule is CC(C)(C)CC(=O)CCC(=O)N1CCCCC1. The zero-order chi connectivity index (χ0) is 12.9. The first-order valence-corrected chi connectivity index (χ1v) is 6.68. The van der Waals surface area contributed by atoms with Gasteiger partial charge in [-0.2, -0.15) is 0 Å². The molecule has 0 atom stereocenters. The number of Topliss-reactive ketones (excluding diaryl/α,β-unsaturated/α-hetero) is 1. The smallest absolute Gasteiger partial charge is 0.223 e. The highest BCUT2D eigenvalue weighted by molar-refractivity contribution is 5.85. The van der Waals surface area contributed by atoms with Crippen LogP contribution in [0.3, 0.4) is 0 Å². The van der Waals surface area contributed by atoms with Crippen molar-refractivity contribution in [2.45, 2.75) is 59.3 Å². The summed E-state index contributed by atoms with van der Waals surface area (Å²) in [5.41, 5.74) is 0.0330. The van der Waals surface area contributed by atoms with Crippen LogP contribution in [0.2, 0.25) is 0 Å². The van der Waals surface area contributed by atoms with E-state index in [2.05, 4.69) is 20.8 Å². The van der Waals surface area contributed by atoms with E-state index in [1.807, 2.05) is 4.90 Å². The van der Waals surface area contributed by atoms with Crippen molar-refractivity contribution >= 4 is 11.7 Å². The fourth-order valence-corrected chi connectivity index (χ4v) is 2.23. The Hall–Kier alpha value is -0.860. The minimum Gasteiger partial charge on any atom is -0.343 e. The van der Waals surface area contributed by atoms with Crippen LogP contribution in [0.1, 0.15) is 59.3 Å². The van der Waals surface area contributed by atoms with Gasteiger partial charge in [-0.1, -0.05) is 20.8 Å². The minimum absolute atomic E-state index is 0.0330. The summed E-state index contributed by atoms with van der Waals surface area (Å²) in [7, 11) is 0. The summed E-state index contributed by atoms with van der Waals surface area (Å²) in [4.78, 5) is 25.4. The quantitative estimate of drug-likeness (QED) is 0.756. The lowest BCUT2D eigenvalue weighted by Gasteiger charge is -2.26. The predicted molar refractivity (Wildman–Crippen MR) is 68.7 cm³/mol. The van der Waals surface area contributed by atoms with E-state index < -0.39 is 0 Å². The molecule has 0 radical (unpaired) electrons. The molecular formula is C14H25NO2. The fraction of sp³-hybridized carbons (Fsp3) is 0.857. The second kappa shape index (κ2) is 6.18. The second-order valence-electron chi connectivity index (χ2n) is 6.22. The van der Waals surface area contributed by atoms with Gasteiger partial charge >= 0.3 is 0 Å². The lowest BCUT2D eigenvalue weighted by atomic mass is 9.89. The maximum Gasteiger partial charge on any atom is 0.223 e. The van der Waals surface area contributed by atoms with Crippen LogP contribution in [-0.4, -0.2) is 29.7 Å². The molecule has 1 saturated heterocycles. The Morgan fingerprint density at radius 1 is 1.00 bits per heavy atom. The summed E-state index contributed by atoms with van der Waals surface area (Å²) in [5, 5.41) is 0. The summed E-state index contributed by atoms with van der Waals surface area (Å²) >= 11 is 0. The predicted octanol–water partition coefficient (Wildman–Crippen LogP) is 2.78. The van der Waals surface area contributed by atoms with Gasteiger partial charge in [0.1, 0.15) is 5.78 Å². The number of carbonyl (C=O) groups excluding carboxylic acids is 2. The molecular weight excluding hydrogens is 214 g/mol. The largest absolute Gasteiger partial charge is 0.343 e. The number of rotatable bonds is 4. The Morgan fingerprint density at radius 2 is 1.59 bits per heavy atom. The molecule has 0 saturated carbocycles. The maximum atomic E-state index is 11.8. The van der Waals surface area contributed by atoms with Gasteiger partial charge in [0.25, 0.3) is 0 Å². The van der Waals surface area contributed by atoms with Crippen molar-refractivity contribution in [3.05, 3.63) is 0 Å². The minimum atomic E-state index is 0.0330. The van der Waals surface area contributed by atoms with Crippen molar-refractivity contribution in [3.63, 3.8) is 0 Å². The third-order valence-electron chi connectivity index (χ3n) is 3.05. The lowest BCUT2D eigenvalue weighted by Crippen LogP contribution is -2.35. The monoisotopic (exact) mass is 239 g/mol. The zero-order valence-electron chi connectivity index (χ0n) is 11.4. The Morgan fingerprint density at radius 3 is 2.12 bits per heavy atom. The van der Waals surface area contributed by atoms with Gasteiger partial charge in [0.05, 0.1) is 0 Å². The molecule has 0 bridgehead atoms.